The third kappa shape index (κ3) is 2.07. The van der Waals surface area contributed by atoms with Crippen LogP contribution in [0.3, 0.4) is 0 Å². The Morgan fingerprint density at radius 2 is 1.56 bits per heavy atom. The Kier molecular flexibility index (Phi) is 2.92. The van der Waals surface area contributed by atoms with E-state index in [0.717, 1.165) is 11.1 Å². The number of halogens is 3. The van der Waals surface area contributed by atoms with E-state index in [1.165, 1.54) is 12.1 Å². The second-order valence-electron chi connectivity index (χ2n) is 3.62. The van der Waals surface area contributed by atoms with Gasteiger partial charge in [0.1, 0.15) is 16.7 Å². The summed E-state index contributed by atoms with van der Waals surface area (Å²) in [6.45, 7) is 1.92. The smallest absolute Gasteiger partial charge is 0.145 e. The first kappa shape index (κ1) is 11.1. The summed E-state index contributed by atoms with van der Waals surface area (Å²) in [5, 5.41) is -0.462. The topological polar surface area (TPSA) is 0 Å². The van der Waals surface area contributed by atoms with Gasteiger partial charge in [0, 0.05) is 0 Å². The van der Waals surface area contributed by atoms with Crippen LogP contribution in [-0.2, 0) is 0 Å². The van der Waals surface area contributed by atoms with Crippen molar-refractivity contribution in [1.29, 1.82) is 0 Å². The van der Waals surface area contributed by atoms with Crippen molar-refractivity contribution in [2.45, 2.75) is 6.92 Å². The van der Waals surface area contributed by atoms with Gasteiger partial charge in [-0.05, 0) is 30.2 Å². The fraction of sp³-hybridized carbons (Fsp3) is 0.0769. The molecule has 0 atom stereocenters. The highest BCUT2D eigenvalue weighted by Gasteiger charge is 2.09. The summed E-state index contributed by atoms with van der Waals surface area (Å²) in [5.41, 5.74) is 2.30. The van der Waals surface area contributed by atoms with E-state index < -0.39 is 16.7 Å². The Bertz CT molecular complexity index is 512. The fourth-order valence-electron chi connectivity index (χ4n) is 1.55. The van der Waals surface area contributed by atoms with Crippen molar-refractivity contribution in [1.82, 2.24) is 0 Å². The van der Waals surface area contributed by atoms with Crippen LogP contribution in [-0.4, -0.2) is 0 Å². The van der Waals surface area contributed by atoms with E-state index in [4.69, 9.17) is 11.6 Å². The van der Waals surface area contributed by atoms with Gasteiger partial charge in [-0.3, -0.25) is 0 Å². The van der Waals surface area contributed by atoms with Gasteiger partial charge >= 0.3 is 0 Å². The van der Waals surface area contributed by atoms with Crippen LogP contribution < -0.4 is 0 Å². The molecule has 2 rings (SSSR count). The molecule has 0 saturated carbocycles. The Balaban J connectivity index is 2.57. The first-order valence-electron chi connectivity index (χ1n) is 4.79. The average Bonchev–Trinajstić information content (AvgIpc) is 2.25. The molecule has 0 radical (unpaired) electrons. The zero-order valence-corrected chi connectivity index (χ0v) is 9.35. The Hall–Kier alpha value is -1.41. The van der Waals surface area contributed by atoms with Crippen LogP contribution in [0.1, 0.15) is 5.56 Å². The summed E-state index contributed by atoms with van der Waals surface area (Å²) >= 11 is 5.42. The molecule has 0 N–H and O–H groups in total. The first-order chi connectivity index (χ1) is 7.58. The van der Waals surface area contributed by atoms with Gasteiger partial charge in [-0.2, -0.15) is 0 Å². The highest BCUT2D eigenvalue weighted by molar-refractivity contribution is 6.31. The maximum absolute atomic E-state index is 13.3. The molecule has 0 aliphatic carbocycles. The summed E-state index contributed by atoms with van der Waals surface area (Å²) in [7, 11) is 0. The zero-order chi connectivity index (χ0) is 11.7. The largest absolute Gasteiger partial charge is 0.205 e. The standard InChI is InChI=1S/C13H9ClF2/c1-8-3-2-4-9(5-8)10-6-11(15)13(14)12(16)7-10/h2-7H,1H3. The molecule has 0 heterocycles. The number of benzene rings is 2. The van der Waals surface area contributed by atoms with E-state index in [0.29, 0.717) is 5.56 Å². The lowest BCUT2D eigenvalue weighted by atomic mass is 10.0. The second-order valence-corrected chi connectivity index (χ2v) is 4.00. The molecule has 2 aromatic rings. The molecule has 0 amide bonds. The van der Waals surface area contributed by atoms with Gasteiger partial charge in [-0.25, -0.2) is 8.78 Å². The minimum atomic E-state index is -0.738. The zero-order valence-electron chi connectivity index (χ0n) is 8.60. The molecule has 0 fully saturated rings. The summed E-state index contributed by atoms with van der Waals surface area (Å²) < 4.78 is 26.5. The van der Waals surface area contributed by atoms with Crippen molar-refractivity contribution in [3.8, 4) is 11.1 Å². The predicted molar refractivity (Wildman–Crippen MR) is 61.5 cm³/mol. The number of hydrogen-bond acceptors (Lipinski definition) is 0. The number of hydrogen-bond donors (Lipinski definition) is 0. The van der Waals surface area contributed by atoms with Crippen molar-refractivity contribution < 1.29 is 8.78 Å². The van der Waals surface area contributed by atoms with Crippen LogP contribution in [0.5, 0.6) is 0 Å². The van der Waals surface area contributed by atoms with Crippen LogP contribution in [0.4, 0.5) is 8.78 Å². The van der Waals surface area contributed by atoms with Crippen molar-refractivity contribution in [3.05, 3.63) is 58.6 Å². The Morgan fingerprint density at radius 1 is 0.938 bits per heavy atom. The first-order valence-corrected chi connectivity index (χ1v) is 5.17. The predicted octanol–water partition coefficient (Wildman–Crippen LogP) is 4.59. The SMILES string of the molecule is Cc1cccc(-c2cc(F)c(Cl)c(F)c2)c1. The van der Waals surface area contributed by atoms with Gasteiger partial charge in [0.05, 0.1) is 0 Å². The summed E-state index contributed by atoms with van der Waals surface area (Å²) in [6.07, 6.45) is 0. The van der Waals surface area contributed by atoms with E-state index in [9.17, 15) is 8.78 Å². The number of rotatable bonds is 1. The molecule has 82 valence electrons. The minimum Gasteiger partial charge on any atom is -0.205 e. The highest BCUT2D eigenvalue weighted by atomic mass is 35.5. The van der Waals surface area contributed by atoms with Gasteiger partial charge in [0.2, 0.25) is 0 Å². The highest BCUT2D eigenvalue weighted by Crippen LogP contribution is 2.27. The molecule has 0 nitrogen and oxygen atoms in total. The van der Waals surface area contributed by atoms with Gasteiger partial charge in [-0.1, -0.05) is 41.4 Å². The number of aryl methyl sites for hydroxylation is 1. The third-order valence-electron chi connectivity index (χ3n) is 2.34. The third-order valence-corrected chi connectivity index (χ3v) is 2.70. The van der Waals surface area contributed by atoms with Crippen molar-refractivity contribution >= 4 is 11.6 Å². The van der Waals surface area contributed by atoms with Gasteiger partial charge in [0.25, 0.3) is 0 Å². The molecule has 3 heteroatoms. The molecule has 0 spiro atoms. The van der Waals surface area contributed by atoms with E-state index in [2.05, 4.69) is 0 Å². The summed E-state index contributed by atoms with van der Waals surface area (Å²) in [6, 6.07) is 9.90. The van der Waals surface area contributed by atoms with Crippen molar-refractivity contribution in [3.63, 3.8) is 0 Å². The van der Waals surface area contributed by atoms with E-state index in [1.807, 2.05) is 25.1 Å². The van der Waals surface area contributed by atoms with Gasteiger partial charge in [-0.15, -0.1) is 0 Å². The quantitative estimate of drug-likeness (QED) is 0.638. The molecule has 0 saturated heterocycles. The molecular formula is C13H9ClF2. The normalized spacial score (nSPS) is 10.5. The van der Waals surface area contributed by atoms with E-state index >= 15 is 0 Å². The van der Waals surface area contributed by atoms with Crippen molar-refractivity contribution in [2.75, 3.05) is 0 Å². The van der Waals surface area contributed by atoms with Crippen LogP contribution in [0.2, 0.25) is 5.02 Å². The molecular weight excluding hydrogens is 230 g/mol. The van der Waals surface area contributed by atoms with Gasteiger partial charge < -0.3 is 0 Å². The lowest BCUT2D eigenvalue weighted by molar-refractivity contribution is 0.585. The Morgan fingerprint density at radius 3 is 2.12 bits per heavy atom. The lowest BCUT2D eigenvalue weighted by Gasteiger charge is -2.05. The minimum absolute atomic E-state index is 0.462. The maximum Gasteiger partial charge on any atom is 0.145 e. The van der Waals surface area contributed by atoms with Gasteiger partial charge in [0.15, 0.2) is 0 Å². The molecule has 0 unspecified atom stereocenters. The summed E-state index contributed by atoms with van der Waals surface area (Å²) in [4.78, 5) is 0. The summed E-state index contributed by atoms with van der Waals surface area (Å²) in [5.74, 6) is -1.48. The molecule has 0 aliphatic heterocycles. The lowest BCUT2D eigenvalue weighted by Crippen LogP contribution is -1.87. The van der Waals surface area contributed by atoms with E-state index in [1.54, 1.807) is 6.07 Å². The molecule has 0 bridgehead atoms. The van der Waals surface area contributed by atoms with Crippen molar-refractivity contribution in [2.24, 2.45) is 0 Å². The van der Waals surface area contributed by atoms with E-state index in [-0.39, 0.29) is 0 Å². The van der Waals surface area contributed by atoms with Crippen LogP contribution in [0, 0.1) is 18.6 Å². The van der Waals surface area contributed by atoms with Crippen LogP contribution in [0.15, 0.2) is 36.4 Å². The van der Waals surface area contributed by atoms with Crippen LogP contribution in [0.25, 0.3) is 11.1 Å². The average molecular weight is 239 g/mol. The molecule has 2 aromatic carbocycles. The molecule has 0 aliphatic rings. The maximum atomic E-state index is 13.3. The Labute approximate surface area is 97.5 Å². The monoisotopic (exact) mass is 238 g/mol. The molecule has 16 heavy (non-hydrogen) atoms. The fourth-order valence-corrected chi connectivity index (χ4v) is 1.66. The second kappa shape index (κ2) is 4.22. The van der Waals surface area contributed by atoms with Crippen LogP contribution >= 0.6 is 11.6 Å². The molecule has 0 aromatic heterocycles.